The smallest absolute Gasteiger partial charge is 0.118 e. The van der Waals surface area contributed by atoms with E-state index in [9.17, 15) is 5.11 Å². The van der Waals surface area contributed by atoms with E-state index in [1.54, 1.807) is 0 Å². The molecule has 1 rings (SSSR count). The lowest BCUT2D eigenvalue weighted by Gasteiger charge is -2.24. The van der Waals surface area contributed by atoms with Crippen LogP contribution < -0.4 is 0 Å². The van der Waals surface area contributed by atoms with Crippen molar-refractivity contribution in [2.75, 3.05) is 6.54 Å². The standard InChI is InChI=1S/C17H23N3O/c1-3-4-5-9-12-17(21)16(13-19-20-18)14(2)15-10-7-6-8-11-15/h6-8,10-11,14,16-17,21H,3-5,13H2,1-2H3/t14-,16+,17+/m1/s1. The maximum atomic E-state index is 10.3. The summed E-state index contributed by atoms with van der Waals surface area (Å²) in [5.41, 5.74) is 9.65. The number of azide groups is 1. The minimum atomic E-state index is -0.775. The maximum Gasteiger partial charge on any atom is 0.118 e. The molecule has 1 aromatic rings. The van der Waals surface area contributed by atoms with Crippen molar-refractivity contribution in [3.8, 4) is 11.8 Å². The number of rotatable bonds is 7. The lowest BCUT2D eigenvalue weighted by atomic mass is 9.84. The molecule has 0 unspecified atom stereocenters. The number of hydrogen-bond acceptors (Lipinski definition) is 2. The van der Waals surface area contributed by atoms with Crippen molar-refractivity contribution < 1.29 is 5.11 Å². The highest BCUT2D eigenvalue weighted by atomic mass is 16.3. The van der Waals surface area contributed by atoms with Gasteiger partial charge in [-0.15, -0.1) is 5.92 Å². The summed E-state index contributed by atoms with van der Waals surface area (Å²) in [5.74, 6) is 5.79. The van der Waals surface area contributed by atoms with Crippen molar-refractivity contribution in [1.29, 1.82) is 0 Å². The molecule has 4 nitrogen and oxygen atoms in total. The maximum absolute atomic E-state index is 10.3. The SMILES string of the molecule is CCCCC#C[C@H](O)[C@@H](CN=[N+]=[N-])[C@H](C)c1ccccc1. The topological polar surface area (TPSA) is 69.0 Å². The highest BCUT2D eigenvalue weighted by molar-refractivity contribution is 5.21. The van der Waals surface area contributed by atoms with Gasteiger partial charge in [-0.1, -0.05) is 61.6 Å². The van der Waals surface area contributed by atoms with Crippen molar-refractivity contribution in [1.82, 2.24) is 0 Å². The quantitative estimate of drug-likeness (QED) is 0.262. The van der Waals surface area contributed by atoms with Crippen LogP contribution in [0.25, 0.3) is 10.4 Å². The number of aliphatic hydroxyl groups is 1. The molecule has 0 aliphatic rings. The van der Waals surface area contributed by atoms with Gasteiger partial charge in [-0.2, -0.15) is 0 Å². The van der Waals surface area contributed by atoms with E-state index in [2.05, 4.69) is 28.8 Å². The Morgan fingerprint density at radius 2 is 2.05 bits per heavy atom. The number of benzene rings is 1. The lowest BCUT2D eigenvalue weighted by Crippen LogP contribution is -2.26. The molecule has 0 saturated carbocycles. The second-order valence-corrected chi connectivity index (χ2v) is 5.15. The third-order valence-corrected chi connectivity index (χ3v) is 3.63. The average Bonchev–Trinajstić information content (AvgIpc) is 2.52. The molecule has 0 bridgehead atoms. The second kappa shape index (κ2) is 9.88. The molecule has 0 amide bonds. The van der Waals surface area contributed by atoms with E-state index >= 15 is 0 Å². The monoisotopic (exact) mass is 285 g/mol. The van der Waals surface area contributed by atoms with Crippen LogP contribution in [0.15, 0.2) is 35.4 Å². The van der Waals surface area contributed by atoms with Crippen molar-refractivity contribution in [3.05, 3.63) is 46.3 Å². The lowest BCUT2D eigenvalue weighted by molar-refractivity contribution is 0.150. The molecule has 0 heterocycles. The van der Waals surface area contributed by atoms with Gasteiger partial charge < -0.3 is 5.11 Å². The molecule has 1 aromatic carbocycles. The molecular weight excluding hydrogens is 262 g/mol. The molecule has 0 aliphatic carbocycles. The Kier molecular flexibility index (Phi) is 8.04. The largest absolute Gasteiger partial charge is 0.380 e. The molecule has 21 heavy (non-hydrogen) atoms. The fourth-order valence-electron chi connectivity index (χ4n) is 2.21. The summed E-state index contributed by atoms with van der Waals surface area (Å²) in [6.45, 7) is 4.39. The van der Waals surface area contributed by atoms with Gasteiger partial charge in [0, 0.05) is 23.8 Å². The Bertz CT molecular complexity index is 512. The molecule has 112 valence electrons. The van der Waals surface area contributed by atoms with Gasteiger partial charge in [-0.25, -0.2) is 0 Å². The first-order valence-electron chi connectivity index (χ1n) is 7.43. The highest BCUT2D eigenvalue weighted by Crippen LogP contribution is 2.27. The first-order valence-corrected chi connectivity index (χ1v) is 7.43. The molecular formula is C17H23N3O. The Morgan fingerprint density at radius 3 is 2.67 bits per heavy atom. The summed E-state index contributed by atoms with van der Waals surface area (Å²) in [4.78, 5) is 2.81. The Morgan fingerprint density at radius 1 is 1.33 bits per heavy atom. The van der Waals surface area contributed by atoms with Crippen LogP contribution in [-0.4, -0.2) is 17.8 Å². The normalized spacial score (nSPS) is 14.2. The van der Waals surface area contributed by atoms with Crippen LogP contribution in [0.3, 0.4) is 0 Å². The van der Waals surface area contributed by atoms with Crippen LogP contribution in [0, 0.1) is 17.8 Å². The van der Waals surface area contributed by atoms with Crippen LogP contribution in [0.4, 0.5) is 0 Å². The van der Waals surface area contributed by atoms with Gasteiger partial charge in [0.25, 0.3) is 0 Å². The van der Waals surface area contributed by atoms with Gasteiger partial charge in [0.15, 0.2) is 0 Å². The van der Waals surface area contributed by atoms with E-state index in [1.807, 2.05) is 37.3 Å². The fraction of sp³-hybridized carbons (Fsp3) is 0.529. The molecule has 0 aliphatic heterocycles. The summed E-state index contributed by atoms with van der Waals surface area (Å²) in [7, 11) is 0. The van der Waals surface area contributed by atoms with Gasteiger partial charge >= 0.3 is 0 Å². The highest BCUT2D eigenvalue weighted by Gasteiger charge is 2.24. The van der Waals surface area contributed by atoms with Crippen LogP contribution in [0.1, 0.15) is 44.6 Å². The van der Waals surface area contributed by atoms with E-state index in [0.29, 0.717) is 0 Å². The summed E-state index contributed by atoms with van der Waals surface area (Å²) < 4.78 is 0. The second-order valence-electron chi connectivity index (χ2n) is 5.15. The average molecular weight is 285 g/mol. The van der Waals surface area contributed by atoms with Crippen molar-refractivity contribution in [3.63, 3.8) is 0 Å². The van der Waals surface area contributed by atoms with Gasteiger partial charge in [0.1, 0.15) is 6.10 Å². The molecule has 0 radical (unpaired) electrons. The number of hydrogen-bond donors (Lipinski definition) is 1. The van der Waals surface area contributed by atoms with Crippen LogP contribution in [-0.2, 0) is 0 Å². The van der Waals surface area contributed by atoms with Crippen LogP contribution >= 0.6 is 0 Å². The van der Waals surface area contributed by atoms with E-state index in [0.717, 1.165) is 24.8 Å². The Hall–Kier alpha value is -1.95. The minimum absolute atomic E-state index is 0.0761. The fourth-order valence-corrected chi connectivity index (χ4v) is 2.21. The first-order chi connectivity index (χ1) is 10.2. The zero-order chi connectivity index (χ0) is 15.5. The van der Waals surface area contributed by atoms with Crippen molar-refractivity contribution in [2.24, 2.45) is 11.0 Å². The summed E-state index contributed by atoms with van der Waals surface area (Å²) in [6.07, 6.45) is 2.15. The third-order valence-electron chi connectivity index (χ3n) is 3.63. The predicted molar refractivity (Wildman–Crippen MR) is 85.7 cm³/mol. The van der Waals surface area contributed by atoms with Gasteiger partial charge in [-0.3, -0.25) is 0 Å². The van der Waals surface area contributed by atoms with Gasteiger partial charge in [0.2, 0.25) is 0 Å². The summed E-state index contributed by atoms with van der Waals surface area (Å²) in [6, 6.07) is 9.93. The predicted octanol–water partition coefficient (Wildman–Crippen LogP) is 4.27. The van der Waals surface area contributed by atoms with Crippen molar-refractivity contribution in [2.45, 2.75) is 45.1 Å². The first kappa shape index (κ1) is 17.1. The van der Waals surface area contributed by atoms with Crippen LogP contribution in [0.5, 0.6) is 0 Å². The third kappa shape index (κ3) is 5.91. The number of nitrogens with zero attached hydrogens (tertiary/aromatic N) is 3. The molecule has 1 N–H and O–H groups in total. The summed E-state index contributed by atoms with van der Waals surface area (Å²) >= 11 is 0. The molecule has 3 atom stereocenters. The minimum Gasteiger partial charge on any atom is -0.380 e. The van der Waals surface area contributed by atoms with Crippen molar-refractivity contribution >= 4 is 0 Å². The zero-order valence-electron chi connectivity index (χ0n) is 12.7. The molecule has 0 aromatic heterocycles. The Labute approximate surface area is 126 Å². The molecule has 0 fully saturated rings. The molecule has 4 heteroatoms. The van der Waals surface area contributed by atoms with E-state index < -0.39 is 6.10 Å². The molecule has 0 spiro atoms. The summed E-state index contributed by atoms with van der Waals surface area (Å²) in [5, 5.41) is 13.9. The van der Waals surface area contributed by atoms with E-state index in [1.165, 1.54) is 0 Å². The Balaban J connectivity index is 2.83. The van der Waals surface area contributed by atoms with E-state index in [-0.39, 0.29) is 18.4 Å². The number of aliphatic hydroxyl groups excluding tert-OH is 1. The van der Waals surface area contributed by atoms with Crippen LogP contribution in [0.2, 0.25) is 0 Å². The zero-order valence-corrected chi connectivity index (χ0v) is 12.7. The van der Waals surface area contributed by atoms with Gasteiger partial charge in [0.05, 0.1) is 0 Å². The number of unbranched alkanes of at least 4 members (excludes halogenated alkanes) is 2. The van der Waals surface area contributed by atoms with E-state index in [4.69, 9.17) is 5.53 Å². The van der Waals surface area contributed by atoms with Gasteiger partial charge in [-0.05, 0) is 23.4 Å². The molecule has 0 saturated heterocycles.